The van der Waals surface area contributed by atoms with Crippen molar-refractivity contribution in [1.82, 2.24) is 4.90 Å². The molecule has 0 N–H and O–H groups in total. The molecule has 0 unspecified atom stereocenters. The summed E-state index contributed by atoms with van der Waals surface area (Å²) in [6.07, 6.45) is 1.54. The lowest BCUT2D eigenvalue weighted by Gasteiger charge is -2.44. The average Bonchev–Trinajstić information content (AvgIpc) is 2.44. The van der Waals surface area contributed by atoms with Crippen LogP contribution in [0.5, 0.6) is 5.75 Å². The van der Waals surface area contributed by atoms with Crippen molar-refractivity contribution in [3.05, 3.63) is 29.3 Å². The fourth-order valence-electron chi connectivity index (χ4n) is 3.41. The molecular formula is C19H25NO4. The van der Waals surface area contributed by atoms with Crippen LogP contribution in [-0.2, 0) is 4.74 Å². The third kappa shape index (κ3) is 3.40. The molecule has 2 heterocycles. The lowest BCUT2D eigenvalue weighted by molar-refractivity contribution is -0.0334. The molecule has 0 aromatic heterocycles. The van der Waals surface area contributed by atoms with E-state index in [1.807, 2.05) is 45.9 Å². The first kappa shape index (κ1) is 16.8. The molecule has 2 aliphatic rings. The Bertz CT molecular complexity index is 676. The molecule has 130 valence electrons. The molecule has 2 aliphatic heterocycles. The van der Waals surface area contributed by atoms with E-state index in [2.05, 4.69) is 0 Å². The van der Waals surface area contributed by atoms with Gasteiger partial charge in [-0.2, -0.15) is 0 Å². The smallest absolute Gasteiger partial charge is 0.410 e. The Morgan fingerprint density at radius 3 is 2.79 bits per heavy atom. The first-order valence-electron chi connectivity index (χ1n) is 8.48. The van der Waals surface area contributed by atoms with Gasteiger partial charge in [0.1, 0.15) is 17.0 Å². The van der Waals surface area contributed by atoms with Gasteiger partial charge in [0.25, 0.3) is 0 Å². The number of carbonyl (C=O) groups excluding carboxylic acids is 2. The number of amides is 1. The van der Waals surface area contributed by atoms with Gasteiger partial charge in [0, 0.05) is 6.54 Å². The number of ketones is 1. The van der Waals surface area contributed by atoms with Gasteiger partial charge in [-0.1, -0.05) is 6.07 Å². The fraction of sp³-hybridized carbons (Fsp3) is 0.579. The third-order valence-electron chi connectivity index (χ3n) is 4.44. The summed E-state index contributed by atoms with van der Waals surface area (Å²) in [5.74, 6) is 0.722. The first-order valence-corrected chi connectivity index (χ1v) is 8.48. The summed E-state index contributed by atoms with van der Waals surface area (Å²) < 4.78 is 11.7. The van der Waals surface area contributed by atoms with Crippen LogP contribution in [0.3, 0.4) is 0 Å². The highest BCUT2D eigenvalue weighted by Crippen LogP contribution is 2.39. The Hall–Kier alpha value is -2.04. The highest BCUT2D eigenvalue weighted by molar-refractivity contribution is 6.00. The van der Waals surface area contributed by atoms with Crippen molar-refractivity contribution in [2.75, 3.05) is 13.1 Å². The minimum absolute atomic E-state index is 0.0855. The maximum Gasteiger partial charge on any atom is 0.410 e. The second-order valence-electron chi connectivity index (χ2n) is 7.89. The maximum atomic E-state index is 12.6. The van der Waals surface area contributed by atoms with Crippen LogP contribution in [0, 0.1) is 6.92 Å². The van der Waals surface area contributed by atoms with Crippen molar-refractivity contribution >= 4 is 11.9 Å². The molecule has 1 amide bonds. The lowest BCUT2D eigenvalue weighted by atomic mass is 9.83. The molecule has 0 aliphatic carbocycles. The monoisotopic (exact) mass is 331 g/mol. The van der Waals surface area contributed by atoms with Crippen LogP contribution in [0.15, 0.2) is 18.2 Å². The molecule has 1 fully saturated rings. The Kier molecular flexibility index (Phi) is 4.06. The van der Waals surface area contributed by atoms with Gasteiger partial charge in [-0.3, -0.25) is 4.79 Å². The summed E-state index contributed by atoms with van der Waals surface area (Å²) in [5, 5.41) is 0. The van der Waals surface area contributed by atoms with Crippen LogP contribution in [0.25, 0.3) is 0 Å². The largest absolute Gasteiger partial charge is 0.484 e. The SMILES string of the molecule is Cc1ccc2c(c1)O[C@]1(CCCN(C(=O)OC(C)(C)C)C1)CC2=O. The van der Waals surface area contributed by atoms with Gasteiger partial charge >= 0.3 is 6.09 Å². The summed E-state index contributed by atoms with van der Waals surface area (Å²) in [4.78, 5) is 26.6. The normalized spacial score (nSPS) is 23.7. The number of piperidine rings is 1. The van der Waals surface area contributed by atoms with Crippen LogP contribution < -0.4 is 4.74 Å². The number of benzene rings is 1. The zero-order valence-corrected chi connectivity index (χ0v) is 14.8. The molecule has 0 saturated carbocycles. The van der Waals surface area contributed by atoms with Crippen molar-refractivity contribution in [2.45, 2.75) is 58.2 Å². The Morgan fingerprint density at radius 2 is 2.08 bits per heavy atom. The molecule has 1 aromatic rings. The van der Waals surface area contributed by atoms with E-state index >= 15 is 0 Å². The number of rotatable bonds is 0. The van der Waals surface area contributed by atoms with Crippen molar-refractivity contribution < 1.29 is 19.1 Å². The van der Waals surface area contributed by atoms with Gasteiger partial charge in [-0.05, 0) is 58.2 Å². The van der Waals surface area contributed by atoms with Crippen molar-refractivity contribution in [1.29, 1.82) is 0 Å². The van der Waals surface area contributed by atoms with E-state index in [1.165, 1.54) is 0 Å². The van der Waals surface area contributed by atoms with Crippen molar-refractivity contribution in [3.8, 4) is 5.75 Å². The van der Waals surface area contributed by atoms with Gasteiger partial charge in [0.15, 0.2) is 5.78 Å². The molecule has 24 heavy (non-hydrogen) atoms. The average molecular weight is 331 g/mol. The standard InChI is InChI=1S/C19H25NO4/c1-13-6-7-14-15(21)11-19(23-16(14)10-13)8-5-9-20(12-19)17(22)24-18(2,3)4/h6-7,10H,5,8-9,11-12H2,1-4H3/t19-/m1/s1. The highest BCUT2D eigenvalue weighted by Gasteiger charge is 2.45. The number of aryl methyl sites for hydroxylation is 1. The summed E-state index contributed by atoms with van der Waals surface area (Å²) in [6, 6.07) is 5.65. The number of carbonyl (C=O) groups is 2. The molecule has 1 aromatic carbocycles. The fourth-order valence-corrected chi connectivity index (χ4v) is 3.41. The predicted molar refractivity (Wildman–Crippen MR) is 90.5 cm³/mol. The van der Waals surface area contributed by atoms with Gasteiger partial charge < -0.3 is 14.4 Å². The molecule has 1 atom stereocenters. The molecule has 5 heteroatoms. The predicted octanol–water partition coefficient (Wildman–Crippen LogP) is 3.73. The van der Waals surface area contributed by atoms with Crippen LogP contribution in [0.4, 0.5) is 4.79 Å². The van der Waals surface area contributed by atoms with Crippen LogP contribution in [0.1, 0.15) is 56.0 Å². The number of fused-ring (bicyclic) bond motifs is 1. The van der Waals surface area contributed by atoms with E-state index in [-0.39, 0.29) is 11.9 Å². The Morgan fingerprint density at radius 1 is 1.33 bits per heavy atom. The summed E-state index contributed by atoms with van der Waals surface area (Å²) in [7, 11) is 0. The van der Waals surface area contributed by atoms with Gasteiger partial charge in [0.2, 0.25) is 0 Å². The summed E-state index contributed by atoms with van der Waals surface area (Å²) in [5.41, 5.74) is 0.529. The number of nitrogens with zero attached hydrogens (tertiary/aromatic N) is 1. The van der Waals surface area contributed by atoms with Gasteiger partial charge in [-0.25, -0.2) is 4.79 Å². The van der Waals surface area contributed by atoms with E-state index in [0.717, 1.165) is 18.4 Å². The Balaban J connectivity index is 1.81. The second-order valence-corrected chi connectivity index (χ2v) is 7.89. The lowest BCUT2D eigenvalue weighted by Crippen LogP contribution is -2.56. The number of Topliss-reactive ketones (excluding diaryl/α,β-unsaturated/α-hetero) is 1. The van der Waals surface area contributed by atoms with Crippen molar-refractivity contribution in [2.24, 2.45) is 0 Å². The van der Waals surface area contributed by atoms with Crippen LogP contribution in [0.2, 0.25) is 0 Å². The number of ether oxygens (including phenoxy) is 2. The number of likely N-dealkylation sites (tertiary alicyclic amines) is 1. The number of hydrogen-bond acceptors (Lipinski definition) is 4. The topological polar surface area (TPSA) is 55.8 Å². The minimum atomic E-state index is -0.632. The molecule has 3 rings (SSSR count). The van der Waals surface area contributed by atoms with E-state index in [0.29, 0.717) is 30.8 Å². The van der Waals surface area contributed by atoms with E-state index in [9.17, 15) is 9.59 Å². The summed E-state index contributed by atoms with van der Waals surface area (Å²) in [6.45, 7) is 8.55. The summed E-state index contributed by atoms with van der Waals surface area (Å²) >= 11 is 0. The molecular weight excluding hydrogens is 306 g/mol. The Labute approximate surface area is 142 Å². The number of hydrogen-bond donors (Lipinski definition) is 0. The third-order valence-corrected chi connectivity index (χ3v) is 4.44. The highest BCUT2D eigenvalue weighted by atomic mass is 16.6. The maximum absolute atomic E-state index is 12.6. The molecule has 5 nitrogen and oxygen atoms in total. The van der Waals surface area contributed by atoms with Gasteiger partial charge in [-0.15, -0.1) is 0 Å². The quantitative estimate of drug-likeness (QED) is 0.727. The minimum Gasteiger partial charge on any atom is -0.484 e. The molecule has 0 radical (unpaired) electrons. The molecule has 1 saturated heterocycles. The zero-order valence-electron chi connectivity index (χ0n) is 14.8. The first-order chi connectivity index (χ1) is 11.2. The van der Waals surface area contributed by atoms with Crippen LogP contribution in [-0.4, -0.2) is 41.1 Å². The van der Waals surface area contributed by atoms with E-state index in [4.69, 9.17) is 9.47 Å². The molecule has 1 spiro atoms. The van der Waals surface area contributed by atoms with Gasteiger partial charge in [0.05, 0.1) is 18.5 Å². The van der Waals surface area contributed by atoms with E-state index < -0.39 is 11.2 Å². The zero-order chi connectivity index (χ0) is 17.5. The van der Waals surface area contributed by atoms with Crippen molar-refractivity contribution in [3.63, 3.8) is 0 Å². The van der Waals surface area contributed by atoms with E-state index in [1.54, 1.807) is 4.90 Å². The van der Waals surface area contributed by atoms with Crippen LogP contribution >= 0.6 is 0 Å². The molecule has 0 bridgehead atoms. The second kappa shape index (κ2) is 5.80.